The zero-order chi connectivity index (χ0) is 20.6. The number of hydrogen-bond donors (Lipinski definition) is 1. The van der Waals surface area contributed by atoms with Crippen molar-refractivity contribution in [1.82, 2.24) is 0 Å². The van der Waals surface area contributed by atoms with Crippen LogP contribution in [0.4, 0.5) is 5.69 Å². The molecule has 0 aliphatic rings. The minimum Gasteiger partial charge on any atom is -0.455 e. The summed E-state index contributed by atoms with van der Waals surface area (Å²) in [7, 11) is 0. The van der Waals surface area contributed by atoms with Gasteiger partial charge in [-0.25, -0.2) is 0 Å². The summed E-state index contributed by atoms with van der Waals surface area (Å²) in [5, 5.41) is 2.86. The predicted molar refractivity (Wildman–Crippen MR) is 116 cm³/mol. The molecule has 3 aromatic rings. The zero-order valence-corrected chi connectivity index (χ0v) is 16.8. The van der Waals surface area contributed by atoms with Crippen molar-refractivity contribution in [1.29, 1.82) is 0 Å². The number of amides is 1. The average molecular weight is 387 g/mol. The van der Waals surface area contributed by atoms with Gasteiger partial charge in [-0.2, -0.15) is 0 Å². The van der Waals surface area contributed by atoms with Crippen LogP contribution in [0.25, 0.3) is 11.1 Å². The average Bonchev–Trinajstić information content (AvgIpc) is 2.75. The van der Waals surface area contributed by atoms with Crippen molar-refractivity contribution in [2.45, 2.75) is 26.7 Å². The number of ether oxygens (including phenoxy) is 1. The number of carbonyl (C=O) groups is 2. The first-order valence-electron chi connectivity index (χ1n) is 9.75. The summed E-state index contributed by atoms with van der Waals surface area (Å²) >= 11 is 0. The van der Waals surface area contributed by atoms with Gasteiger partial charge in [0.1, 0.15) is 0 Å². The highest BCUT2D eigenvalue weighted by Gasteiger charge is 2.12. The lowest BCUT2D eigenvalue weighted by Crippen LogP contribution is -2.22. The van der Waals surface area contributed by atoms with Gasteiger partial charge in [-0.05, 0) is 41.2 Å². The van der Waals surface area contributed by atoms with Gasteiger partial charge in [0, 0.05) is 5.69 Å². The largest absolute Gasteiger partial charge is 0.455 e. The summed E-state index contributed by atoms with van der Waals surface area (Å²) in [4.78, 5) is 24.3. The van der Waals surface area contributed by atoms with Gasteiger partial charge in [0.25, 0.3) is 5.91 Å². The summed E-state index contributed by atoms with van der Waals surface area (Å²) in [5.41, 5.74) is 5.91. The van der Waals surface area contributed by atoms with E-state index in [0.717, 1.165) is 39.9 Å². The molecule has 3 rings (SSSR count). The number of anilines is 1. The van der Waals surface area contributed by atoms with Crippen molar-refractivity contribution in [2.75, 3.05) is 11.9 Å². The molecule has 1 amide bonds. The van der Waals surface area contributed by atoms with E-state index in [-0.39, 0.29) is 18.9 Å². The normalized spacial score (nSPS) is 10.4. The third-order valence-corrected chi connectivity index (χ3v) is 4.78. The molecule has 4 heteroatoms. The summed E-state index contributed by atoms with van der Waals surface area (Å²) in [5.74, 6) is -0.755. The second kappa shape index (κ2) is 9.69. The van der Waals surface area contributed by atoms with Crippen LogP contribution in [0.5, 0.6) is 0 Å². The Bertz CT molecular complexity index is 979. The molecular weight excluding hydrogens is 362 g/mol. The standard InChI is InChI=1S/C25H25NO3/c1-3-20-11-7-8-18(2)25(20)26-23(27)17-29-24(28)16-19-12-14-22(15-13-19)21-9-5-4-6-10-21/h4-15H,3,16-17H2,1-2H3,(H,26,27). The molecule has 0 heterocycles. The molecule has 0 unspecified atom stereocenters. The number of carbonyl (C=O) groups excluding carboxylic acids is 2. The maximum atomic E-state index is 12.2. The molecule has 0 saturated heterocycles. The maximum absolute atomic E-state index is 12.2. The second-order valence-electron chi connectivity index (χ2n) is 6.91. The third-order valence-electron chi connectivity index (χ3n) is 4.78. The molecule has 0 aliphatic carbocycles. The Morgan fingerprint density at radius 2 is 1.55 bits per heavy atom. The lowest BCUT2D eigenvalue weighted by atomic mass is 10.0. The minimum absolute atomic E-state index is 0.132. The molecule has 0 spiro atoms. The fraction of sp³-hybridized carbons (Fsp3) is 0.200. The van der Waals surface area contributed by atoms with Gasteiger partial charge in [-0.15, -0.1) is 0 Å². The number of rotatable bonds is 7. The van der Waals surface area contributed by atoms with Gasteiger partial charge in [0.05, 0.1) is 6.42 Å². The molecule has 0 aliphatic heterocycles. The van der Waals surface area contributed by atoms with Gasteiger partial charge in [-0.3, -0.25) is 9.59 Å². The predicted octanol–water partition coefficient (Wildman–Crippen LogP) is 4.95. The topological polar surface area (TPSA) is 55.4 Å². The van der Waals surface area contributed by atoms with Crippen molar-refractivity contribution in [3.63, 3.8) is 0 Å². The smallest absolute Gasteiger partial charge is 0.310 e. The van der Waals surface area contributed by atoms with Gasteiger partial charge in [-0.1, -0.05) is 79.7 Å². The Morgan fingerprint density at radius 1 is 0.862 bits per heavy atom. The summed E-state index contributed by atoms with van der Waals surface area (Å²) in [6.45, 7) is 3.69. The SMILES string of the molecule is CCc1cccc(C)c1NC(=O)COC(=O)Cc1ccc(-c2ccccc2)cc1. The quantitative estimate of drug-likeness (QED) is 0.584. The van der Waals surface area contributed by atoms with Crippen LogP contribution in [0.2, 0.25) is 0 Å². The number of hydrogen-bond acceptors (Lipinski definition) is 3. The van der Waals surface area contributed by atoms with Crippen LogP contribution in [-0.4, -0.2) is 18.5 Å². The highest BCUT2D eigenvalue weighted by molar-refractivity contribution is 5.94. The molecule has 0 atom stereocenters. The number of para-hydroxylation sites is 1. The Labute approximate surface area is 171 Å². The molecule has 4 nitrogen and oxygen atoms in total. The van der Waals surface area contributed by atoms with E-state index in [1.165, 1.54) is 0 Å². The van der Waals surface area contributed by atoms with Crippen LogP contribution < -0.4 is 5.32 Å². The highest BCUT2D eigenvalue weighted by atomic mass is 16.5. The fourth-order valence-electron chi connectivity index (χ4n) is 3.19. The van der Waals surface area contributed by atoms with E-state index in [2.05, 4.69) is 5.32 Å². The Kier molecular flexibility index (Phi) is 6.80. The van der Waals surface area contributed by atoms with Crippen LogP contribution in [0.15, 0.2) is 72.8 Å². The molecule has 3 aromatic carbocycles. The first kappa shape index (κ1) is 20.3. The molecule has 0 bridgehead atoms. The van der Waals surface area contributed by atoms with Crippen LogP contribution in [0, 0.1) is 6.92 Å². The van der Waals surface area contributed by atoms with Crippen molar-refractivity contribution < 1.29 is 14.3 Å². The molecule has 1 N–H and O–H groups in total. The highest BCUT2D eigenvalue weighted by Crippen LogP contribution is 2.21. The zero-order valence-electron chi connectivity index (χ0n) is 16.8. The van der Waals surface area contributed by atoms with Crippen LogP contribution in [0.1, 0.15) is 23.6 Å². The lowest BCUT2D eigenvalue weighted by molar-refractivity contribution is -0.146. The van der Waals surface area contributed by atoms with E-state index >= 15 is 0 Å². The van der Waals surface area contributed by atoms with Crippen molar-refractivity contribution >= 4 is 17.6 Å². The van der Waals surface area contributed by atoms with E-state index in [9.17, 15) is 9.59 Å². The Balaban J connectivity index is 1.52. The van der Waals surface area contributed by atoms with Crippen molar-refractivity contribution in [3.8, 4) is 11.1 Å². The molecule has 148 valence electrons. The lowest BCUT2D eigenvalue weighted by Gasteiger charge is -2.13. The van der Waals surface area contributed by atoms with E-state index in [4.69, 9.17) is 4.74 Å². The Hall–Kier alpha value is -3.40. The van der Waals surface area contributed by atoms with E-state index in [1.807, 2.05) is 86.6 Å². The van der Waals surface area contributed by atoms with Gasteiger partial charge in [0.2, 0.25) is 0 Å². The number of nitrogens with one attached hydrogen (secondary N) is 1. The van der Waals surface area contributed by atoms with Crippen molar-refractivity contribution in [2.24, 2.45) is 0 Å². The number of benzene rings is 3. The van der Waals surface area contributed by atoms with E-state index in [1.54, 1.807) is 0 Å². The molecule has 0 saturated carbocycles. The number of esters is 1. The maximum Gasteiger partial charge on any atom is 0.310 e. The second-order valence-corrected chi connectivity index (χ2v) is 6.91. The molecular formula is C25H25NO3. The van der Waals surface area contributed by atoms with Gasteiger partial charge in [0.15, 0.2) is 6.61 Å². The van der Waals surface area contributed by atoms with E-state index in [0.29, 0.717) is 0 Å². The molecule has 0 fully saturated rings. The number of aryl methyl sites for hydroxylation is 2. The van der Waals surface area contributed by atoms with Crippen molar-refractivity contribution in [3.05, 3.63) is 89.5 Å². The summed E-state index contributed by atoms with van der Waals surface area (Å²) in [6, 6.07) is 23.7. The van der Waals surface area contributed by atoms with Crippen LogP contribution >= 0.6 is 0 Å². The first-order chi connectivity index (χ1) is 14.1. The summed E-state index contributed by atoms with van der Waals surface area (Å²) < 4.78 is 5.16. The monoisotopic (exact) mass is 387 g/mol. The molecule has 0 radical (unpaired) electrons. The molecule has 0 aromatic heterocycles. The van der Waals surface area contributed by atoms with Crippen LogP contribution in [-0.2, 0) is 27.2 Å². The minimum atomic E-state index is -0.423. The van der Waals surface area contributed by atoms with Gasteiger partial charge >= 0.3 is 5.97 Å². The van der Waals surface area contributed by atoms with Crippen LogP contribution in [0.3, 0.4) is 0 Å². The van der Waals surface area contributed by atoms with E-state index < -0.39 is 5.97 Å². The Morgan fingerprint density at radius 3 is 2.24 bits per heavy atom. The fourth-order valence-corrected chi connectivity index (χ4v) is 3.19. The summed E-state index contributed by atoms with van der Waals surface area (Å²) in [6.07, 6.45) is 0.947. The molecule has 29 heavy (non-hydrogen) atoms. The van der Waals surface area contributed by atoms with Gasteiger partial charge < -0.3 is 10.1 Å². The third kappa shape index (κ3) is 5.55. The first-order valence-corrected chi connectivity index (χ1v) is 9.75.